The molecule has 2 aromatic heterocycles. The number of nitrogens with zero attached hydrogens (tertiary/aromatic N) is 1. The van der Waals surface area contributed by atoms with E-state index in [1.54, 1.807) is 30.6 Å². The quantitative estimate of drug-likeness (QED) is 0.676. The number of anilines is 1. The van der Waals surface area contributed by atoms with Gasteiger partial charge in [0.1, 0.15) is 0 Å². The first-order chi connectivity index (χ1) is 10.1. The van der Waals surface area contributed by atoms with Crippen LogP contribution in [-0.4, -0.2) is 15.2 Å². The average molecular weight is 347 g/mol. The van der Waals surface area contributed by atoms with Gasteiger partial charge in [0.15, 0.2) is 0 Å². The second-order valence-corrected chi connectivity index (χ2v) is 5.42. The van der Waals surface area contributed by atoms with Crippen LogP contribution in [0.5, 0.6) is 0 Å². The molecule has 0 aliphatic heterocycles. The van der Waals surface area contributed by atoms with E-state index in [9.17, 15) is 9.59 Å². The lowest BCUT2D eigenvalue weighted by molar-refractivity contribution is 0.976. The highest BCUT2D eigenvalue weighted by atomic mass is 79.9. The molecule has 0 fully saturated rings. The predicted molar refractivity (Wildman–Crippen MR) is 84.5 cm³/mol. The molecule has 1 aromatic carbocycles. The fraction of sp³-hybridized carbons (Fsp3) is 0.0714. The van der Waals surface area contributed by atoms with Crippen molar-refractivity contribution < 1.29 is 0 Å². The van der Waals surface area contributed by atoms with E-state index < -0.39 is 0 Å². The van der Waals surface area contributed by atoms with Gasteiger partial charge in [-0.3, -0.25) is 24.8 Å². The number of nitrogens with one attached hydrogen (secondary N) is 3. The van der Waals surface area contributed by atoms with Gasteiger partial charge in [0, 0.05) is 29.1 Å². The van der Waals surface area contributed by atoms with Gasteiger partial charge >= 0.3 is 0 Å². The van der Waals surface area contributed by atoms with E-state index in [0.717, 1.165) is 10.0 Å². The predicted octanol–water partition coefficient (Wildman–Crippen LogP) is 1.99. The first kappa shape index (κ1) is 13.6. The number of halogens is 1. The summed E-state index contributed by atoms with van der Waals surface area (Å²) in [5, 5.41) is 8.53. The molecule has 0 aliphatic carbocycles. The Hall–Kier alpha value is -2.41. The Labute approximate surface area is 127 Å². The van der Waals surface area contributed by atoms with E-state index in [2.05, 4.69) is 36.4 Å². The fourth-order valence-corrected chi connectivity index (χ4v) is 2.54. The minimum absolute atomic E-state index is 0.322. The largest absolute Gasteiger partial charge is 0.380 e. The number of benzene rings is 1. The molecule has 3 aromatic rings. The Morgan fingerprint density at radius 1 is 1.14 bits per heavy atom. The molecular formula is C14H11BrN4O2. The number of H-pyrrole nitrogens is 2. The minimum atomic E-state index is -0.333. The first-order valence-electron chi connectivity index (χ1n) is 6.22. The summed E-state index contributed by atoms with van der Waals surface area (Å²) < 4.78 is 0.883. The van der Waals surface area contributed by atoms with Crippen molar-refractivity contribution in [2.75, 3.05) is 5.32 Å². The third-order valence-electron chi connectivity index (χ3n) is 3.07. The zero-order chi connectivity index (χ0) is 14.8. The fourth-order valence-electron chi connectivity index (χ4n) is 2.13. The van der Waals surface area contributed by atoms with Crippen LogP contribution in [0.15, 0.2) is 50.7 Å². The summed E-state index contributed by atoms with van der Waals surface area (Å²) in [6, 6.07) is 7.05. The van der Waals surface area contributed by atoms with Gasteiger partial charge in [-0.25, -0.2) is 0 Å². The summed E-state index contributed by atoms with van der Waals surface area (Å²) in [5.41, 5.74) is 0.917. The molecule has 0 unspecified atom stereocenters. The summed E-state index contributed by atoms with van der Waals surface area (Å²) in [5.74, 6) is 0. The summed E-state index contributed by atoms with van der Waals surface area (Å²) in [7, 11) is 0. The second kappa shape index (κ2) is 5.53. The summed E-state index contributed by atoms with van der Waals surface area (Å²) >= 11 is 3.36. The molecule has 3 N–H and O–H groups in total. The number of pyridine rings is 1. The van der Waals surface area contributed by atoms with Crippen LogP contribution in [0, 0.1) is 0 Å². The average Bonchev–Trinajstić information content (AvgIpc) is 2.49. The maximum Gasteiger partial charge on any atom is 0.272 e. The van der Waals surface area contributed by atoms with Crippen molar-refractivity contribution in [1.29, 1.82) is 0 Å². The molecule has 0 amide bonds. The lowest BCUT2D eigenvalue weighted by Gasteiger charge is -2.08. The topological polar surface area (TPSA) is 90.6 Å². The Morgan fingerprint density at radius 2 is 1.95 bits per heavy atom. The summed E-state index contributed by atoms with van der Waals surface area (Å²) in [6.45, 7) is 0.498. The zero-order valence-electron chi connectivity index (χ0n) is 10.8. The lowest BCUT2D eigenvalue weighted by atomic mass is 10.1. The Bertz CT molecular complexity index is 916. The number of aromatic amines is 2. The minimum Gasteiger partial charge on any atom is -0.380 e. The van der Waals surface area contributed by atoms with Crippen LogP contribution in [-0.2, 0) is 6.54 Å². The number of fused-ring (bicyclic) bond motifs is 1. The van der Waals surface area contributed by atoms with Crippen LogP contribution in [0.25, 0.3) is 10.8 Å². The normalized spacial score (nSPS) is 10.7. The van der Waals surface area contributed by atoms with E-state index in [-0.39, 0.29) is 11.1 Å². The maximum absolute atomic E-state index is 11.9. The van der Waals surface area contributed by atoms with Crippen molar-refractivity contribution in [1.82, 2.24) is 15.2 Å². The molecule has 0 bridgehead atoms. The van der Waals surface area contributed by atoms with Crippen LogP contribution in [0.3, 0.4) is 0 Å². The van der Waals surface area contributed by atoms with Crippen molar-refractivity contribution in [2.24, 2.45) is 0 Å². The van der Waals surface area contributed by atoms with Crippen molar-refractivity contribution >= 4 is 32.4 Å². The highest BCUT2D eigenvalue weighted by Crippen LogP contribution is 2.18. The highest BCUT2D eigenvalue weighted by Gasteiger charge is 2.07. The van der Waals surface area contributed by atoms with Crippen molar-refractivity contribution in [2.45, 2.75) is 6.54 Å². The van der Waals surface area contributed by atoms with Gasteiger partial charge in [-0.05, 0) is 39.7 Å². The number of aromatic nitrogens is 3. The van der Waals surface area contributed by atoms with Gasteiger partial charge in [-0.15, -0.1) is 0 Å². The molecule has 0 saturated heterocycles. The maximum atomic E-state index is 11.9. The monoisotopic (exact) mass is 346 g/mol. The highest BCUT2D eigenvalue weighted by molar-refractivity contribution is 9.10. The zero-order valence-corrected chi connectivity index (χ0v) is 12.4. The van der Waals surface area contributed by atoms with E-state index >= 15 is 0 Å². The van der Waals surface area contributed by atoms with Gasteiger partial charge < -0.3 is 5.32 Å². The van der Waals surface area contributed by atoms with Crippen molar-refractivity contribution in [3.05, 3.63) is 67.4 Å². The van der Waals surface area contributed by atoms with E-state index in [4.69, 9.17) is 0 Å². The van der Waals surface area contributed by atoms with Crippen LogP contribution in [0.2, 0.25) is 0 Å². The van der Waals surface area contributed by atoms with Gasteiger partial charge in [0.25, 0.3) is 11.1 Å². The molecule has 0 radical (unpaired) electrons. The van der Waals surface area contributed by atoms with Gasteiger partial charge in [-0.1, -0.05) is 6.07 Å². The molecule has 0 saturated carbocycles. The van der Waals surface area contributed by atoms with Crippen LogP contribution >= 0.6 is 15.9 Å². The molecule has 2 heterocycles. The molecule has 0 atom stereocenters. The number of hydrogen-bond acceptors (Lipinski definition) is 4. The third-order valence-corrected chi connectivity index (χ3v) is 3.50. The Kier molecular flexibility index (Phi) is 3.57. The van der Waals surface area contributed by atoms with Crippen LogP contribution < -0.4 is 16.4 Å². The van der Waals surface area contributed by atoms with E-state index in [1.165, 1.54) is 0 Å². The van der Waals surface area contributed by atoms with Crippen LogP contribution in [0.1, 0.15) is 5.56 Å². The van der Waals surface area contributed by atoms with Crippen molar-refractivity contribution in [3.63, 3.8) is 0 Å². The molecule has 0 spiro atoms. The van der Waals surface area contributed by atoms with Gasteiger partial charge in [0.05, 0.1) is 10.8 Å². The summed E-state index contributed by atoms with van der Waals surface area (Å²) in [4.78, 5) is 27.7. The number of rotatable bonds is 3. The molecule has 21 heavy (non-hydrogen) atoms. The molecular weight excluding hydrogens is 336 g/mol. The van der Waals surface area contributed by atoms with Gasteiger partial charge in [-0.2, -0.15) is 0 Å². The smallest absolute Gasteiger partial charge is 0.272 e. The lowest BCUT2D eigenvalue weighted by Crippen LogP contribution is -2.20. The molecule has 6 nitrogen and oxygen atoms in total. The molecule has 0 aliphatic rings. The summed E-state index contributed by atoms with van der Waals surface area (Å²) in [6.07, 6.45) is 3.44. The third kappa shape index (κ3) is 2.73. The van der Waals surface area contributed by atoms with E-state index in [1.807, 2.05) is 6.07 Å². The van der Waals surface area contributed by atoms with Crippen molar-refractivity contribution in [3.8, 4) is 0 Å². The number of hydrogen-bond donors (Lipinski definition) is 3. The SMILES string of the molecule is O=c1[nH][nH]c(=O)c2c(NCc3cncc(Br)c3)cccc12. The first-order valence-corrected chi connectivity index (χ1v) is 7.01. The molecule has 7 heteroatoms. The standard InChI is InChI=1S/C14H11BrN4O2/c15-9-4-8(5-16-7-9)6-17-11-3-1-2-10-12(11)14(21)19-18-13(10)20/h1-5,7,17H,6H2,(H,18,20)(H,19,21). The Morgan fingerprint density at radius 3 is 2.76 bits per heavy atom. The molecule has 3 rings (SSSR count). The molecule has 106 valence electrons. The second-order valence-electron chi connectivity index (χ2n) is 4.50. The van der Waals surface area contributed by atoms with Gasteiger partial charge in [0.2, 0.25) is 0 Å². The van der Waals surface area contributed by atoms with Crippen LogP contribution in [0.4, 0.5) is 5.69 Å². The van der Waals surface area contributed by atoms with E-state index in [0.29, 0.717) is 23.0 Å². The Balaban J connectivity index is 2.00.